The monoisotopic (exact) mass is 542 g/mol. The largest absolute Gasteiger partial charge is 0.358 e. The molecule has 0 bridgehead atoms. The fourth-order valence-corrected chi connectivity index (χ4v) is 5.34. The number of H-pyrrole nitrogens is 1. The molecule has 0 aliphatic heterocycles. The number of benzene rings is 3. The van der Waals surface area contributed by atoms with Gasteiger partial charge in [0, 0.05) is 38.1 Å². The highest BCUT2D eigenvalue weighted by atomic mass is 79.9. The van der Waals surface area contributed by atoms with Gasteiger partial charge in [-0.1, -0.05) is 58.4 Å². The Morgan fingerprint density at radius 3 is 2.52 bits per heavy atom. The Kier molecular flexibility index (Phi) is 6.47. The van der Waals surface area contributed by atoms with Gasteiger partial charge >= 0.3 is 0 Å². The van der Waals surface area contributed by atoms with Crippen LogP contribution in [0.15, 0.2) is 76.6 Å². The zero-order valence-electron chi connectivity index (χ0n) is 17.7. The Morgan fingerprint density at radius 1 is 1.12 bits per heavy atom. The second-order valence-corrected chi connectivity index (χ2v) is 10.6. The topological polar surface area (TPSA) is 79.0 Å². The Hall–Kier alpha value is -2.87. The average molecular weight is 544 g/mol. The van der Waals surface area contributed by atoms with Crippen LogP contribution < -0.4 is 4.72 Å². The van der Waals surface area contributed by atoms with E-state index in [1.807, 2.05) is 25.1 Å². The van der Waals surface area contributed by atoms with Crippen molar-refractivity contribution in [2.45, 2.75) is 18.2 Å². The van der Waals surface area contributed by atoms with E-state index in [9.17, 15) is 13.2 Å². The van der Waals surface area contributed by atoms with Crippen LogP contribution in [0.5, 0.6) is 0 Å². The van der Waals surface area contributed by atoms with Crippen LogP contribution in [0.4, 0.5) is 0 Å². The van der Waals surface area contributed by atoms with E-state index in [-0.39, 0.29) is 10.5 Å². The lowest BCUT2D eigenvalue weighted by Crippen LogP contribution is -2.30. The van der Waals surface area contributed by atoms with E-state index in [0.29, 0.717) is 11.4 Å². The molecule has 8 heteroatoms. The Morgan fingerprint density at radius 2 is 1.85 bits per heavy atom. The van der Waals surface area contributed by atoms with Crippen molar-refractivity contribution in [1.29, 1.82) is 0 Å². The maximum atomic E-state index is 12.8. The number of nitrogens with one attached hydrogen (secondary N) is 2. The lowest BCUT2D eigenvalue weighted by Gasteiger charge is -2.09. The minimum absolute atomic E-state index is 0.00517. The lowest BCUT2D eigenvalue weighted by atomic mass is 10.0. The third-order valence-electron chi connectivity index (χ3n) is 5.42. The van der Waals surface area contributed by atoms with Gasteiger partial charge in [0.15, 0.2) is 0 Å². The quantitative estimate of drug-likeness (QED) is 0.302. The Labute approximate surface area is 205 Å². The molecule has 0 saturated heterocycles. The molecule has 0 atom stereocenters. The second-order valence-electron chi connectivity index (χ2n) is 7.61. The van der Waals surface area contributed by atoms with Gasteiger partial charge < -0.3 is 4.98 Å². The number of aromatic nitrogens is 1. The van der Waals surface area contributed by atoms with Gasteiger partial charge in [-0.25, -0.2) is 13.1 Å². The first-order valence-electron chi connectivity index (χ1n) is 10.0. The number of aryl methyl sites for hydroxylation is 1. The number of hydrogen-bond acceptors (Lipinski definition) is 3. The molecule has 0 aliphatic carbocycles. The molecule has 1 aromatic heterocycles. The van der Waals surface area contributed by atoms with E-state index in [2.05, 4.69) is 32.2 Å². The lowest BCUT2D eigenvalue weighted by molar-refractivity contribution is 0.0981. The summed E-state index contributed by atoms with van der Waals surface area (Å²) in [5, 5.41) is 1.48. The van der Waals surface area contributed by atoms with Gasteiger partial charge in [-0.2, -0.15) is 0 Å². The van der Waals surface area contributed by atoms with Gasteiger partial charge in [0.2, 0.25) is 0 Å². The predicted octanol–water partition coefficient (Wildman–Crippen LogP) is 6.24. The number of halogens is 2. The summed E-state index contributed by atoms with van der Waals surface area (Å²) in [5.74, 6) is -0.698. The average Bonchev–Trinajstić information content (AvgIpc) is 3.09. The number of sulfonamides is 1. The molecule has 3 aromatic carbocycles. The first-order chi connectivity index (χ1) is 15.7. The summed E-state index contributed by atoms with van der Waals surface area (Å²) < 4.78 is 28.4. The number of carbonyl (C=O) groups is 1. The molecular formula is C25H20BrClN2O3S. The summed E-state index contributed by atoms with van der Waals surface area (Å²) in [6, 6.07) is 16.9. The van der Waals surface area contributed by atoms with Gasteiger partial charge in [0.25, 0.3) is 15.9 Å². The number of amides is 1. The van der Waals surface area contributed by atoms with Gasteiger partial charge in [-0.3, -0.25) is 4.79 Å². The maximum Gasteiger partial charge on any atom is 0.265 e. The molecule has 1 amide bonds. The molecule has 33 heavy (non-hydrogen) atoms. The molecule has 168 valence electrons. The molecule has 4 aromatic rings. The van der Waals surface area contributed by atoms with Crippen LogP contribution in [0.1, 0.15) is 32.7 Å². The Bertz CT molecular complexity index is 1490. The van der Waals surface area contributed by atoms with Gasteiger partial charge in [-0.05, 0) is 66.1 Å². The molecule has 0 radical (unpaired) electrons. The van der Waals surface area contributed by atoms with Gasteiger partial charge in [0.1, 0.15) is 0 Å². The van der Waals surface area contributed by atoms with E-state index in [4.69, 9.17) is 11.6 Å². The molecule has 0 spiro atoms. The fourth-order valence-electron chi connectivity index (χ4n) is 3.63. The summed E-state index contributed by atoms with van der Waals surface area (Å²) in [5.41, 5.74) is 4.78. The normalized spacial score (nSPS) is 11.5. The summed E-state index contributed by atoms with van der Waals surface area (Å²) >= 11 is 9.82. The molecule has 0 unspecified atom stereocenters. The van der Waals surface area contributed by atoms with E-state index in [1.54, 1.807) is 36.4 Å². The number of hydrogen-bond donors (Lipinski definition) is 2. The number of rotatable bonds is 6. The summed E-state index contributed by atoms with van der Waals surface area (Å²) in [7, 11) is -4.01. The zero-order chi connectivity index (χ0) is 23.8. The third kappa shape index (κ3) is 4.90. The SMILES string of the molecule is C=Cc1ccc(S(=O)(=O)NC(=O)c2ccc3[nH]c(C)c(Cc4ccc(Br)cc4Cl)c3c2)cc1. The van der Waals surface area contributed by atoms with Crippen LogP contribution in [0.25, 0.3) is 17.0 Å². The van der Waals surface area contributed by atoms with E-state index < -0.39 is 15.9 Å². The van der Waals surface area contributed by atoms with Crippen molar-refractivity contribution in [2.24, 2.45) is 0 Å². The van der Waals surface area contributed by atoms with Crippen molar-refractivity contribution in [3.05, 3.63) is 105 Å². The van der Waals surface area contributed by atoms with Crippen molar-refractivity contribution < 1.29 is 13.2 Å². The maximum absolute atomic E-state index is 12.8. The molecule has 1 heterocycles. The smallest absolute Gasteiger partial charge is 0.265 e. The summed E-state index contributed by atoms with van der Waals surface area (Å²) in [6.07, 6.45) is 2.18. The molecular weight excluding hydrogens is 524 g/mol. The van der Waals surface area contributed by atoms with Crippen LogP contribution in [-0.2, 0) is 16.4 Å². The molecule has 0 aliphatic rings. The van der Waals surface area contributed by atoms with Gasteiger partial charge in [-0.15, -0.1) is 0 Å². The number of fused-ring (bicyclic) bond motifs is 1. The van der Waals surface area contributed by atoms with Crippen molar-refractivity contribution in [3.8, 4) is 0 Å². The van der Waals surface area contributed by atoms with Crippen molar-refractivity contribution >= 4 is 60.4 Å². The van der Waals surface area contributed by atoms with Crippen LogP contribution in [0, 0.1) is 6.92 Å². The number of carbonyl (C=O) groups excluding carboxylic acids is 1. The van der Waals surface area contributed by atoms with Crippen LogP contribution in [0.3, 0.4) is 0 Å². The molecule has 2 N–H and O–H groups in total. The second kappa shape index (κ2) is 9.17. The molecule has 0 saturated carbocycles. The van der Waals surface area contributed by atoms with Crippen LogP contribution >= 0.6 is 27.5 Å². The standard InChI is InChI=1S/C25H20BrClN2O3S/c1-3-16-4-9-20(10-5-16)33(31,32)29-25(30)18-7-11-24-22(13-18)21(15(2)28-24)12-17-6-8-19(26)14-23(17)27/h3-11,13-14,28H,1,12H2,2H3,(H,29,30). The van der Waals surface area contributed by atoms with E-state index in [0.717, 1.165) is 37.8 Å². The van der Waals surface area contributed by atoms with Crippen LogP contribution in [-0.4, -0.2) is 19.3 Å². The fraction of sp³-hybridized carbons (Fsp3) is 0.0800. The minimum Gasteiger partial charge on any atom is -0.358 e. The van der Waals surface area contributed by atoms with Crippen LogP contribution in [0.2, 0.25) is 5.02 Å². The van der Waals surface area contributed by atoms with E-state index >= 15 is 0 Å². The highest BCUT2D eigenvalue weighted by Gasteiger charge is 2.20. The van der Waals surface area contributed by atoms with Crippen molar-refractivity contribution in [3.63, 3.8) is 0 Å². The van der Waals surface area contributed by atoms with Gasteiger partial charge in [0.05, 0.1) is 4.90 Å². The highest BCUT2D eigenvalue weighted by Crippen LogP contribution is 2.29. The molecule has 0 fully saturated rings. The van der Waals surface area contributed by atoms with E-state index in [1.165, 1.54) is 12.1 Å². The first kappa shape index (κ1) is 23.3. The predicted molar refractivity (Wildman–Crippen MR) is 136 cm³/mol. The minimum atomic E-state index is -4.01. The summed E-state index contributed by atoms with van der Waals surface area (Å²) in [4.78, 5) is 16.1. The third-order valence-corrected chi connectivity index (χ3v) is 7.61. The Balaban J connectivity index is 1.65. The van der Waals surface area contributed by atoms with Crippen molar-refractivity contribution in [1.82, 2.24) is 9.71 Å². The highest BCUT2D eigenvalue weighted by molar-refractivity contribution is 9.10. The summed E-state index contributed by atoms with van der Waals surface area (Å²) in [6.45, 7) is 5.61. The molecule has 4 rings (SSSR count). The first-order valence-corrected chi connectivity index (χ1v) is 12.7. The molecule has 5 nitrogen and oxygen atoms in total. The zero-order valence-corrected chi connectivity index (χ0v) is 20.8. The number of aromatic amines is 1. The van der Waals surface area contributed by atoms with Crippen molar-refractivity contribution in [2.75, 3.05) is 0 Å².